The molecule has 1 aromatic heterocycles. The highest BCUT2D eigenvalue weighted by Gasteiger charge is 2.21. The molecule has 6 heteroatoms. The average molecular weight is 421 g/mol. The molecule has 0 spiro atoms. The molecule has 0 aliphatic rings. The van der Waals surface area contributed by atoms with Crippen molar-refractivity contribution in [3.8, 4) is 0 Å². The molecule has 3 aromatic rings. The Bertz CT molecular complexity index is 1020. The van der Waals surface area contributed by atoms with Gasteiger partial charge in [0.1, 0.15) is 12.4 Å². The predicted octanol–water partition coefficient (Wildman–Crippen LogP) is 4.91. The number of nitrogens with one attached hydrogen (secondary N) is 2. The minimum atomic E-state index is -0.509. The van der Waals surface area contributed by atoms with E-state index >= 15 is 0 Å². The van der Waals surface area contributed by atoms with E-state index in [1.807, 2.05) is 57.2 Å². The second-order valence-electron chi connectivity index (χ2n) is 8.36. The minimum absolute atomic E-state index is 0.101. The highest BCUT2D eigenvalue weighted by atomic mass is 16.5. The number of carbonyl (C=O) groups is 2. The number of hydrogen-bond acceptors (Lipinski definition) is 4. The van der Waals surface area contributed by atoms with Crippen LogP contribution in [0.15, 0.2) is 71.3 Å². The van der Waals surface area contributed by atoms with Crippen LogP contribution in [-0.4, -0.2) is 11.8 Å². The van der Waals surface area contributed by atoms with E-state index < -0.39 is 5.41 Å². The summed E-state index contributed by atoms with van der Waals surface area (Å²) in [5.41, 5.74) is 2.58. The number of carbonyl (C=O) groups excluding carboxylic acids is 2. The van der Waals surface area contributed by atoms with Crippen LogP contribution in [0, 0.1) is 5.41 Å². The Morgan fingerprint density at radius 2 is 1.71 bits per heavy atom. The first kappa shape index (κ1) is 22.3. The van der Waals surface area contributed by atoms with Gasteiger partial charge in [-0.15, -0.1) is 0 Å². The minimum Gasteiger partial charge on any atom is -0.467 e. The molecule has 0 aliphatic carbocycles. The third-order valence-electron chi connectivity index (χ3n) is 4.60. The van der Waals surface area contributed by atoms with E-state index in [1.54, 1.807) is 30.5 Å². The molecule has 6 nitrogen and oxygen atoms in total. The van der Waals surface area contributed by atoms with Gasteiger partial charge in [-0.25, -0.2) is 0 Å². The number of rotatable bonds is 8. The van der Waals surface area contributed by atoms with Crippen molar-refractivity contribution >= 4 is 17.5 Å². The Kier molecular flexibility index (Phi) is 7.26. The molecule has 2 amide bonds. The van der Waals surface area contributed by atoms with E-state index in [0.717, 1.165) is 16.9 Å². The maximum absolute atomic E-state index is 12.6. The Morgan fingerprint density at radius 1 is 0.935 bits per heavy atom. The summed E-state index contributed by atoms with van der Waals surface area (Å²) in [6.45, 7) is 6.79. The van der Waals surface area contributed by atoms with Gasteiger partial charge in [-0.1, -0.05) is 51.1 Å². The standard InChI is InChI=1S/C25H28N2O4/c1-25(2,3)24(29)27-21-10-5-9-20(14-21)23(28)26-15-18-7-4-8-19(13-18)16-30-17-22-11-6-12-31-22/h4-14H,15-17H2,1-3H3,(H,26,28)(H,27,29). The largest absolute Gasteiger partial charge is 0.467 e. The van der Waals surface area contributed by atoms with E-state index in [4.69, 9.17) is 9.15 Å². The van der Waals surface area contributed by atoms with Gasteiger partial charge in [0, 0.05) is 23.2 Å². The van der Waals surface area contributed by atoms with Gasteiger partial charge < -0.3 is 19.8 Å². The van der Waals surface area contributed by atoms with Crippen LogP contribution in [0.3, 0.4) is 0 Å². The maximum Gasteiger partial charge on any atom is 0.251 e. The molecule has 31 heavy (non-hydrogen) atoms. The summed E-state index contributed by atoms with van der Waals surface area (Å²) < 4.78 is 10.9. The normalized spacial score (nSPS) is 11.2. The first-order valence-corrected chi connectivity index (χ1v) is 10.2. The maximum atomic E-state index is 12.6. The molecule has 2 N–H and O–H groups in total. The molecule has 2 aromatic carbocycles. The predicted molar refractivity (Wildman–Crippen MR) is 119 cm³/mol. The zero-order chi connectivity index (χ0) is 22.3. The van der Waals surface area contributed by atoms with Crippen molar-refractivity contribution in [1.29, 1.82) is 0 Å². The lowest BCUT2D eigenvalue weighted by Crippen LogP contribution is -2.28. The molecule has 0 saturated heterocycles. The summed E-state index contributed by atoms with van der Waals surface area (Å²) in [4.78, 5) is 24.8. The molecule has 0 saturated carbocycles. The van der Waals surface area contributed by atoms with Crippen molar-refractivity contribution in [3.05, 3.63) is 89.4 Å². The second-order valence-corrected chi connectivity index (χ2v) is 8.36. The highest BCUT2D eigenvalue weighted by molar-refractivity contribution is 5.98. The van der Waals surface area contributed by atoms with E-state index in [0.29, 0.717) is 31.0 Å². The quantitative estimate of drug-likeness (QED) is 0.543. The van der Waals surface area contributed by atoms with Crippen LogP contribution in [0.1, 0.15) is 48.0 Å². The topological polar surface area (TPSA) is 80.6 Å². The molecule has 0 unspecified atom stereocenters. The molecule has 0 aliphatic heterocycles. The molecule has 0 bridgehead atoms. The fourth-order valence-corrected chi connectivity index (χ4v) is 2.83. The van der Waals surface area contributed by atoms with Gasteiger partial charge in [-0.05, 0) is 41.5 Å². The zero-order valence-corrected chi connectivity index (χ0v) is 18.1. The summed E-state index contributed by atoms with van der Waals surface area (Å²) in [5, 5.41) is 5.77. The summed E-state index contributed by atoms with van der Waals surface area (Å²) >= 11 is 0. The Balaban J connectivity index is 1.53. The van der Waals surface area contributed by atoms with Crippen molar-refractivity contribution in [2.45, 2.75) is 40.5 Å². The van der Waals surface area contributed by atoms with Crippen LogP contribution in [0.25, 0.3) is 0 Å². The molecule has 1 heterocycles. The van der Waals surface area contributed by atoms with Gasteiger partial charge in [0.15, 0.2) is 0 Å². The van der Waals surface area contributed by atoms with Crippen molar-refractivity contribution in [1.82, 2.24) is 5.32 Å². The highest BCUT2D eigenvalue weighted by Crippen LogP contribution is 2.18. The Hall–Kier alpha value is -3.38. The van der Waals surface area contributed by atoms with E-state index in [1.165, 1.54) is 0 Å². The van der Waals surface area contributed by atoms with E-state index in [2.05, 4.69) is 10.6 Å². The van der Waals surface area contributed by atoms with Gasteiger partial charge in [-0.2, -0.15) is 0 Å². The fraction of sp³-hybridized carbons (Fsp3) is 0.280. The molecular formula is C25H28N2O4. The van der Waals surface area contributed by atoms with Crippen LogP contribution in [0.4, 0.5) is 5.69 Å². The third kappa shape index (κ3) is 6.83. The van der Waals surface area contributed by atoms with Crippen LogP contribution < -0.4 is 10.6 Å². The average Bonchev–Trinajstić information content (AvgIpc) is 3.25. The first-order valence-electron chi connectivity index (χ1n) is 10.2. The van der Waals surface area contributed by atoms with Crippen LogP contribution in [0.5, 0.6) is 0 Å². The molecule has 3 rings (SSSR count). The Labute approximate surface area is 182 Å². The van der Waals surface area contributed by atoms with Crippen LogP contribution in [0.2, 0.25) is 0 Å². The number of hydrogen-bond donors (Lipinski definition) is 2. The monoisotopic (exact) mass is 420 g/mol. The lowest BCUT2D eigenvalue weighted by atomic mass is 9.95. The van der Waals surface area contributed by atoms with Gasteiger partial charge in [0.05, 0.1) is 12.9 Å². The second kappa shape index (κ2) is 10.1. The smallest absolute Gasteiger partial charge is 0.251 e. The Morgan fingerprint density at radius 3 is 2.45 bits per heavy atom. The lowest BCUT2D eigenvalue weighted by Gasteiger charge is -2.18. The molecule has 0 radical (unpaired) electrons. The first-order chi connectivity index (χ1) is 14.8. The van der Waals surface area contributed by atoms with Crippen LogP contribution >= 0.6 is 0 Å². The SMILES string of the molecule is CC(C)(C)C(=O)Nc1cccc(C(=O)NCc2cccc(COCc3ccco3)c2)c1. The van der Waals surface area contributed by atoms with Gasteiger partial charge in [0.25, 0.3) is 5.91 Å². The van der Waals surface area contributed by atoms with Gasteiger partial charge >= 0.3 is 0 Å². The van der Waals surface area contributed by atoms with Crippen molar-refractivity contribution in [2.24, 2.45) is 5.41 Å². The van der Waals surface area contributed by atoms with Gasteiger partial charge in [0.2, 0.25) is 5.91 Å². The van der Waals surface area contributed by atoms with Crippen molar-refractivity contribution in [3.63, 3.8) is 0 Å². The number of amides is 2. The van der Waals surface area contributed by atoms with Crippen molar-refractivity contribution < 1.29 is 18.7 Å². The van der Waals surface area contributed by atoms with Crippen molar-refractivity contribution in [2.75, 3.05) is 5.32 Å². The molecular weight excluding hydrogens is 392 g/mol. The summed E-state index contributed by atoms with van der Waals surface area (Å²) in [5.74, 6) is 0.479. The summed E-state index contributed by atoms with van der Waals surface area (Å²) in [6, 6.07) is 18.5. The summed E-state index contributed by atoms with van der Waals surface area (Å²) in [7, 11) is 0. The van der Waals surface area contributed by atoms with Crippen LogP contribution in [-0.2, 0) is 29.3 Å². The fourth-order valence-electron chi connectivity index (χ4n) is 2.83. The zero-order valence-electron chi connectivity index (χ0n) is 18.1. The number of furan rings is 1. The van der Waals surface area contributed by atoms with E-state index in [-0.39, 0.29) is 11.8 Å². The molecule has 162 valence electrons. The molecule has 0 atom stereocenters. The molecule has 0 fully saturated rings. The number of anilines is 1. The third-order valence-corrected chi connectivity index (χ3v) is 4.60. The van der Waals surface area contributed by atoms with E-state index in [9.17, 15) is 9.59 Å². The number of ether oxygens (including phenoxy) is 1. The lowest BCUT2D eigenvalue weighted by molar-refractivity contribution is -0.123. The number of benzene rings is 2. The summed E-state index contributed by atoms with van der Waals surface area (Å²) in [6.07, 6.45) is 1.62. The van der Waals surface area contributed by atoms with Gasteiger partial charge in [-0.3, -0.25) is 9.59 Å².